The second-order valence-electron chi connectivity index (χ2n) is 3.83. The maximum Gasteiger partial charge on any atom is 0.149 e. The number of allylic oxidation sites excluding steroid dienone is 1. The molecule has 0 unspecified atom stereocenters. The number of aromatic nitrogens is 2. The van der Waals surface area contributed by atoms with Gasteiger partial charge in [-0.25, -0.2) is 4.98 Å². The summed E-state index contributed by atoms with van der Waals surface area (Å²) >= 11 is 1.61. The summed E-state index contributed by atoms with van der Waals surface area (Å²) in [5.41, 5.74) is 3.39. The van der Waals surface area contributed by atoms with Crippen LogP contribution in [0.3, 0.4) is 0 Å². The van der Waals surface area contributed by atoms with E-state index in [4.69, 9.17) is 0 Å². The summed E-state index contributed by atoms with van der Waals surface area (Å²) in [6.45, 7) is 0. The van der Waals surface area contributed by atoms with Crippen molar-refractivity contribution in [3.8, 4) is 6.07 Å². The molecule has 3 aromatic rings. The molecule has 3 rings (SSSR count). The zero-order valence-corrected chi connectivity index (χ0v) is 10.2. The maximum atomic E-state index is 9.23. The second kappa shape index (κ2) is 4.47. The molecule has 3 nitrogen and oxygen atoms in total. The highest BCUT2D eigenvalue weighted by molar-refractivity contribution is 7.08. The predicted molar refractivity (Wildman–Crippen MR) is 73.9 cm³/mol. The molecule has 0 saturated heterocycles. The molecule has 0 saturated carbocycles. The number of rotatable bonds is 2. The number of nitrogens with zero attached hydrogens (tertiary/aromatic N) is 2. The fourth-order valence-electron chi connectivity index (χ4n) is 1.76. The predicted octanol–water partition coefficient (Wildman–Crippen LogP) is 3.69. The van der Waals surface area contributed by atoms with Crippen LogP contribution in [-0.4, -0.2) is 9.97 Å². The number of H-pyrrole nitrogens is 1. The summed E-state index contributed by atoms with van der Waals surface area (Å²) in [5.74, 6) is 0.616. The van der Waals surface area contributed by atoms with E-state index in [1.54, 1.807) is 11.3 Å². The number of hydrogen-bond acceptors (Lipinski definition) is 3. The van der Waals surface area contributed by atoms with E-state index in [1.807, 2.05) is 47.2 Å². The number of fused-ring (bicyclic) bond motifs is 1. The average Bonchev–Trinajstić information content (AvgIpc) is 3.04. The summed E-state index contributed by atoms with van der Waals surface area (Å²) in [4.78, 5) is 7.58. The van der Waals surface area contributed by atoms with E-state index in [1.165, 1.54) is 0 Å². The van der Waals surface area contributed by atoms with Crippen molar-refractivity contribution in [1.82, 2.24) is 9.97 Å². The molecular formula is C14H9N3S. The Bertz CT molecular complexity index is 712. The number of imidazole rings is 1. The lowest BCUT2D eigenvalue weighted by Gasteiger charge is -1.91. The van der Waals surface area contributed by atoms with Crippen LogP contribution in [0.25, 0.3) is 22.7 Å². The minimum Gasteiger partial charge on any atom is -0.337 e. The molecule has 0 aliphatic rings. The van der Waals surface area contributed by atoms with Gasteiger partial charge in [0.25, 0.3) is 0 Å². The summed E-state index contributed by atoms with van der Waals surface area (Å²) in [6, 6.07) is 11.9. The van der Waals surface area contributed by atoms with Gasteiger partial charge >= 0.3 is 0 Å². The Kier molecular flexibility index (Phi) is 2.67. The van der Waals surface area contributed by atoms with Gasteiger partial charge in [0.15, 0.2) is 0 Å². The number of nitriles is 1. The minimum atomic E-state index is 0.546. The van der Waals surface area contributed by atoms with Crippen LogP contribution in [0.4, 0.5) is 0 Å². The lowest BCUT2D eigenvalue weighted by Crippen LogP contribution is -1.83. The van der Waals surface area contributed by atoms with Crippen LogP contribution in [0, 0.1) is 11.3 Å². The minimum absolute atomic E-state index is 0.546. The zero-order chi connectivity index (χ0) is 12.4. The third kappa shape index (κ3) is 1.92. The molecule has 18 heavy (non-hydrogen) atoms. The Morgan fingerprint density at radius 2 is 2.22 bits per heavy atom. The normalized spacial score (nSPS) is 11.6. The summed E-state index contributed by atoms with van der Waals surface area (Å²) in [7, 11) is 0. The number of thiophene rings is 1. The van der Waals surface area contributed by atoms with Crippen LogP contribution in [0.2, 0.25) is 0 Å². The van der Waals surface area contributed by atoms with Gasteiger partial charge in [0.1, 0.15) is 11.9 Å². The molecule has 1 N–H and O–H groups in total. The van der Waals surface area contributed by atoms with Crippen molar-refractivity contribution in [3.05, 3.63) is 52.5 Å². The number of hydrogen-bond donors (Lipinski definition) is 1. The highest BCUT2D eigenvalue weighted by atomic mass is 32.1. The van der Waals surface area contributed by atoms with Gasteiger partial charge in [-0.1, -0.05) is 12.1 Å². The first kappa shape index (κ1) is 10.8. The van der Waals surface area contributed by atoms with Gasteiger partial charge in [0, 0.05) is 0 Å². The molecule has 0 aliphatic heterocycles. The van der Waals surface area contributed by atoms with Gasteiger partial charge in [-0.05, 0) is 40.6 Å². The quantitative estimate of drug-likeness (QED) is 0.706. The number of para-hydroxylation sites is 2. The van der Waals surface area contributed by atoms with Gasteiger partial charge in [-0.15, -0.1) is 0 Å². The van der Waals surface area contributed by atoms with E-state index in [0.717, 1.165) is 16.6 Å². The maximum absolute atomic E-state index is 9.23. The van der Waals surface area contributed by atoms with Crippen LogP contribution < -0.4 is 0 Å². The van der Waals surface area contributed by atoms with E-state index in [9.17, 15) is 5.26 Å². The molecule has 0 atom stereocenters. The fraction of sp³-hybridized carbons (Fsp3) is 0. The van der Waals surface area contributed by atoms with Gasteiger partial charge in [-0.3, -0.25) is 0 Å². The molecule has 2 heterocycles. The zero-order valence-electron chi connectivity index (χ0n) is 9.42. The Morgan fingerprint density at radius 1 is 1.33 bits per heavy atom. The van der Waals surface area contributed by atoms with Crippen LogP contribution in [0.1, 0.15) is 11.4 Å². The Morgan fingerprint density at radius 3 is 2.94 bits per heavy atom. The monoisotopic (exact) mass is 251 g/mol. The second-order valence-corrected chi connectivity index (χ2v) is 4.61. The van der Waals surface area contributed by atoms with Crippen LogP contribution in [-0.2, 0) is 0 Å². The van der Waals surface area contributed by atoms with E-state index < -0.39 is 0 Å². The number of benzene rings is 1. The van der Waals surface area contributed by atoms with Crippen LogP contribution >= 0.6 is 11.3 Å². The molecule has 0 fully saturated rings. The first-order chi connectivity index (χ1) is 8.86. The molecule has 0 aliphatic carbocycles. The molecule has 0 amide bonds. The SMILES string of the molecule is N#C/C(=C/c1ccsc1)c1nc2ccccc2[nH]1. The van der Waals surface area contributed by atoms with Crippen molar-refractivity contribution in [1.29, 1.82) is 5.26 Å². The topological polar surface area (TPSA) is 52.5 Å². The first-order valence-corrected chi connectivity index (χ1v) is 6.40. The van der Waals surface area contributed by atoms with Gasteiger partial charge in [0.2, 0.25) is 0 Å². The number of aromatic amines is 1. The standard InChI is InChI=1S/C14H9N3S/c15-8-11(7-10-5-6-18-9-10)14-16-12-3-1-2-4-13(12)17-14/h1-7,9H,(H,16,17)/b11-7-. The number of nitrogens with one attached hydrogen (secondary N) is 1. The van der Waals surface area contributed by atoms with Crippen molar-refractivity contribution in [2.45, 2.75) is 0 Å². The van der Waals surface area contributed by atoms with Gasteiger partial charge < -0.3 is 4.98 Å². The lowest BCUT2D eigenvalue weighted by molar-refractivity contribution is 1.27. The Hall–Kier alpha value is -2.38. The summed E-state index contributed by atoms with van der Waals surface area (Å²) in [6.07, 6.45) is 1.84. The van der Waals surface area contributed by atoms with Crippen LogP contribution in [0.15, 0.2) is 41.1 Å². The molecule has 1 aromatic carbocycles. The van der Waals surface area contributed by atoms with Crippen LogP contribution in [0.5, 0.6) is 0 Å². The Labute approximate surface area is 108 Å². The van der Waals surface area contributed by atoms with Gasteiger partial charge in [-0.2, -0.15) is 16.6 Å². The molecule has 4 heteroatoms. The lowest BCUT2D eigenvalue weighted by atomic mass is 10.2. The van der Waals surface area contributed by atoms with Crippen molar-refractivity contribution in [2.24, 2.45) is 0 Å². The molecule has 0 radical (unpaired) electrons. The molecule has 0 bridgehead atoms. The first-order valence-electron chi connectivity index (χ1n) is 5.46. The smallest absolute Gasteiger partial charge is 0.149 e. The van der Waals surface area contributed by atoms with E-state index in [-0.39, 0.29) is 0 Å². The highest BCUT2D eigenvalue weighted by Gasteiger charge is 2.07. The highest BCUT2D eigenvalue weighted by Crippen LogP contribution is 2.19. The molecular weight excluding hydrogens is 242 g/mol. The third-order valence-corrected chi connectivity index (χ3v) is 3.32. The summed E-state index contributed by atoms with van der Waals surface area (Å²) < 4.78 is 0. The van der Waals surface area contributed by atoms with Crippen molar-refractivity contribution >= 4 is 34.0 Å². The largest absolute Gasteiger partial charge is 0.337 e. The van der Waals surface area contributed by atoms with Gasteiger partial charge in [0.05, 0.1) is 16.6 Å². The fourth-order valence-corrected chi connectivity index (χ4v) is 2.38. The molecule has 2 aromatic heterocycles. The third-order valence-electron chi connectivity index (χ3n) is 2.62. The van der Waals surface area contributed by atoms with E-state index >= 15 is 0 Å². The van der Waals surface area contributed by atoms with Crippen molar-refractivity contribution in [2.75, 3.05) is 0 Å². The van der Waals surface area contributed by atoms with E-state index in [0.29, 0.717) is 11.4 Å². The van der Waals surface area contributed by atoms with Crippen molar-refractivity contribution in [3.63, 3.8) is 0 Å². The molecule has 86 valence electrons. The van der Waals surface area contributed by atoms with E-state index in [2.05, 4.69) is 16.0 Å². The average molecular weight is 251 g/mol. The molecule has 0 spiro atoms. The Balaban J connectivity index is 2.09. The summed E-state index contributed by atoms with van der Waals surface area (Å²) in [5, 5.41) is 13.2. The van der Waals surface area contributed by atoms with Crippen molar-refractivity contribution < 1.29 is 0 Å².